The van der Waals surface area contributed by atoms with Gasteiger partial charge in [-0.2, -0.15) is 0 Å². The molecule has 1 amide bonds. The number of nitrogens with one attached hydrogen (secondary N) is 1. The Labute approximate surface area is 144 Å². The van der Waals surface area contributed by atoms with E-state index < -0.39 is 0 Å². The Bertz CT molecular complexity index is 790. The Morgan fingerprint density at radius 3 is 2.46 bits per heavy atom. The van der Waals surface area contributed by atoms with Crippen molar-refractivity contribution >= 4 is 17.7 Å². The van der Waals surface area contributed by atoms with E-state index in [4.69, 9.17) is 4.42 Å². The van der Waals surface area contributed by atoms with Crippen molar-refractivity contribution in [2.24, 2.45) is 0 Å². The largest absolute Gasteiger partial charge is 0.411 e. The first-order chi connectivity index (χ1) is 11.7. The van der Waals surface area contributed by atoms with Crippen LogP contribution in [0.2, 0.25) is 0 Å². The molecule has 0 fully saturated rings. The monoisotopic (exact) mass is 339 g/mol. The third kappa shape index (κ3) is 4.23. The van der Waals surface area contributed by atoms with Crippen LogP contribution in [0.5, 0.6) is 0 Å². The quantitative estimate of drug-likeness (QED) is 0.696. The average Bonchev–Trinajstić information content (AvgIpc) is 3.10. The zero-order chi connectivity index (χ0) is 16.8. The first-order valence-corrected chi connectivity index (χ1v) is 8.47. The second-order valence-corrected chi connectivity index (χ2v) is 6.49. The number of nitrogens with zero attached hydrogens (tertiary/aromatic N) is 2. The number of carbonyl (C=O) groups is 1. The number of amides is 1. The van der Waals surface area contributed by atoms with Crippen molar-refractivity contribution in [3.63, 3.8) is 0 Å². The summed E-state index contributed by atoms with van der Waals surface area (Å²) in [6, 6.07) is 19.3. The van der Waals surface area contributed by atoms with Gasteiger partial charge in [0.05, 0.1) is 5.25 Å². The predicted octanol–water partition coefficient (Wildman–Crippen LogP) is 3.53. The minimum absolute atomic E-state index is 0.0664. The van der Waals surface area contributed by atoms with Crippen LogP contribution < -0.4 is 5.32 Å². The number of aromatic nitrogens is 2. The van der Waals surface area contributed by atoms with Gasteiger partial charge >= 0.3 is 0 Å². The van der Waals surface area contributed by atoms with Crippen molar-refractivity contribution in [2.45, 2.75) is 23.9 Å². The maximum absolute atomic E-state index is 12.2. The van der Waals surface area contributed by atoms with Crippen LogP contribution in [0, 0.1) is 0 Å². The zero-order valence-electron chi connectivity index (χ0n) is 13.2. The molecule has 0 saturated heterocycles. The van der Waals surface area contributed by atoms with E-state index in [1.54, 1.807) is 0 Å². The van der Waals surface area contributed by atoms with Crippen LogP contribution in [-0.4, -0.2) is 21.4 Å². The van der Waals surface area contributed by atoms with Gasteiger partial charge in [0.15, 0.2) is 0 Å². The van der Waals surface area contributed by atoms with Gasteiger partial charge in [0.25, 0.3) is 5.22 Å². The van der Waals surface area contributed by atoms with Gasteiger partial charge < -0.3 is 9.73 Å². The summed E-state index contributed by atoms with van der Waals surface area (Å²) in [7, 11) is 0. The fourth-order valence-corrected chi connectivity index (χ4v) is 2.80. The van der Waals surface area contributed by atoms with E-state index >= 15 is 0 Å². The Hall–Kier alpha value is -2.60. The summed E-state index contributed by atoms with van der Waals surface area (Å²) in [4.78, 5) is 12.2. The summed E-state index contributed by atoms with van der Waals surface area (Å²) >= 11 is 1.25. The maximum Gasteiger partial charge on any atom is 0.277 e. The Kier molecular flexibility index (Phi) is 5.28. The number of benzene rings is 2. The van der Waals surface area contributed by atoms with Crippen molar-refractivity contribution in [3.05, 3.63) is 66.2 Å². The summed E-state index contributed by atoms with van der Waals surface area (Å²) in [5, 5.41) is 11.0. The van der Waals surface area contributed by atoms with Crippen LogP contribution in [0.4, 0.5) is 0 Å². The van der Waals surface area contributed by atoms with E-state index in [2.05, 4.69) is 15.5 Å². The molecule has 5 nitrogen and oxygen atoms in total. The smallest absolute Gasteiger partial charge is 0.277 e. The van der Waals surface area contributed by atoms with Gasteiger partial charge in [-0.1, -0.05) is 60.3 Å². The first kappa shape index (κ1) is 16.3. The molecule has 1 heterocycles. The number of rotatable bonds is 6. The van der Waals surface area contributed by atoms with Crippen molar-refractivity contribution in [1.29, 1.82) is 0 Å². The highest BCUT2D eigenvalue weighted by Crippen LogP contribution is 2.26. The van der Waals surface area contributed by atoms with Crippen LogP contribution in [0.25, 0.3) is 11.5 Å². The molecule has 2 aromatic carbocycles. The Balaban J connectivity index is 1.55. The summed E-state index contributed by atoms with van der Waals surface area (Å²) in [6.07, 6.45) is 0. The highest BCUT2D eigenvalue weighted by atomic mass is 32.2. The van der Waals surface area contributed by atoms with E-state index in [-0.39, 0.29) is 11.2 Å². The van der Waals surface area contributed by atoms with Crippen molar-refractivity contribution in [3.8, 4) is 11.5 Å². The molecule has 3 aromatic rings. The van der Waals surface area contributed by atoms with Gasteiger partial charge in [0.2, 0.25) is 11.8 Å². The molecular formula is C18H17N3O2S. The molecule has 1 aromatic heterocycles. The molecule has 0 bridgehead atoms. The fourth-order valence-electron chi connectivity index (χ4n) is 2.09. The van der Waals surface area contributed by atoms with E-state index in [0.717, 1.165) is 11.1 Å². The lowest BCUT2D eigenvalue weighted by Gasteiger charge is -2.09. The molecule has 3 rings (SSSR count). The van der Waals surface area contributed by atoms with Gasteiger partial charge in [-0.05, 0) is 24.6 Å². The van der Waals surface area contributed by atoms with E-state index in [1.165, 1.54) is 11.8 Å². The molecule has 6 heteroatoms. The first-order valence-electron chi connectivity index (χ1n) is 7.59. The molecule has 0 saturated carbocycles. The van der Waals surface area contributed by atoms with Crippen LogP contribution in [0.15, 0.2) is 70.3 Å². The molecule has 24 heavy (non-hydrogen) atoms. The third-order valence-corrected chi connectivity index (χ3v) is 4.32. The van der Waals surface area contributed by atoms with Gasteiger partial charge in [-0.15, -0.1) is 10.2 Å². The van der Waals surface area contributed by atoms with Crippen LogP contribution in [-0.2, 0) is 11.3 Å². The molecule has 0 unspecified atom stereocenters. The minimum atomic E-state index is -0.321. The van der Waals surface area contributed by atoms with E-state index in [9.17, 15) is 4.79 Å². The topological polar surface area (TPSA) is 68.0 Å². The molecule has 0 radical (unpaired) electrons. The molecule has 122 valence electrons. The molecule has 0 aliphatic rings. The molecule has 0 aliphatic heterocycles. The van der Waals surface area contributed by atoms with Crippen LogP contribution in [0.1, 0.15) is 12.5 Å². The summed E-state index contributed by atoms with van der Waals surface area (Å²) in [5.41, 5.74) is 1.92. The van der Waals surface area contributed by atoms with Crippen molar-refractivity contribution < 1.29 is 9.21 Å². The normalized spacial score (nSPS) is 11.9. The van der Waals surface area contributed by atoms with E-state index in [0.29, 0.717) is 17.7 Å². The predicted molar refractivity (Wildman–Crippen MR) is 93.3 cm³/mol. The van der Waals surface area contributed by atoms with Gasteiger partial charge in [-0.3, -0.25) is 4.79 Å². The van der Waals surface area contributed by atoms with Gasteiger partial charge in [0, 0.05) is 12.1 Å². The lowest BCUT2D eigenvalue weighted by molar-refractivity contribution is -0.120. The minimum Gasteiger partial charge on any atom is -0.411 e. The highest BCUT2D eigenvalue weighted by molar-refractivity contribution is 8.00. The van der Waals surface area contributed by atoms with Crippen molar-refractivity contribution in [1.82, 2.24) is 15.5 Å². The molecular weight excluding hydrogens is 322 g/mol. The molecule has 0 spiro atoms. The summed E-state index contributed by atoms with van der Waals surface area (Å²) in [5.74, 6) is 0.387. The lowest BCUT2D eigenvalue weighted by atomic mass is 10.2. The maximum atomic E-state index is 12.2. The SMILES string of the molecule is C[C@@H](Sc1nnc(-c2ccccc2)o1)C(=O)NCc1ccccc1. The molecule has 0 aliphatic carbocycles. The number of hydrogen-bond acceptors (Lipinski definition) is 5. The highest BCUT2D eigenvalue weighted by Gasteiger charge is 2.18. The Morgan fingerprint density at radius 2 is 1.75 bits per heavy atom. The number of carbonyl (C=O) groups excluding carboxylic acids is 1. The molecule has 1 N–H and O–H groups in total. The summed E-state index contributed by atoms with van der Waals surface area (Å²) in [6.45, 7) is 2.32. The standard InChI is InChI=1S/C18H17N3O2S/c1-13(16(22)19-12-14-8-4-2-5-9-14)24-18-21-20-17(23-18)15-10-6-3-7-11-15/h2-11,13H,12H2,1H3,(H,19,22)/t13-/m1/s1. The van der Waals surface area contributed by atoms with E-state index in [1.807, 2.05) is 67.6 Å². The Morgan fingerprint density at radius 1 is 1.08 bits per heavy atom. The second-order valence-electron chi connectivity index (χ2n) is 5.20. The average molecular weight is 339 g/mol. The number of thioether (sulfide) groups is 1. The lowest BCUT2D eigenvalue weighted by Crippen LogP contribution is -2.30. The van der Waals surface area contributed by atoms with Gasteiger partial charge in [0.1, 0.15) is 0 Å². The summed E-state index contributed by atoms with van der Waals surface area (Å²) < 4.78 is 5.61. The number of hydrogen-bond donors (Lipinski definition) is 1. The van der Waals surface area contributed by atoms with Crippen LogP contribution in [0.3, 0.4) is 0 Å². The van der Waals surface area contributed by atoms with Gasteiger partial charge in [-0.25, -0.2) is 0 Å². The van der Waals surface area contributed by atoms with Crippen molar-refractivity contribution in [2.75, 3.05) is 0 Å². The third-order valence-electron chi connectivity index (χ3n) is 3.38. The van der Waals surface area contributed by atoms with Crippen LogP contribution >= 0.6 is 11.8 Å². The second kappa shape index (κ2) is 7.79. The zero-order valence-corrected chi connectivity index (χ0v) is 14.0. The fraction of sp³-hybridized carbons (Fsp3) is 0.167. The molecule has 1 atom stereocenters.